The number of rotatable bonds is 5. The molecule has 3 rings (SSSR count). The van der Waals surface area contributed by atoms with Crippen LogP contribution in [0.3, 0.4) is 0 Å². The van der Waals surface area contributed by atoms with Crippen molar-refractivity contribution in [3.63, 3.8) is 0 Å². The fourth-order valence-corrected chi connectivity index (χ4v) is 5.03. The highest BCUT2D eigenvalue weighted by atomic mass is 16.5. The second kappa shape index (κ2) is 8.62. The molecule has 4 atom stereocenters. The van der Waals surface area contributed by atoms with Crippen LogP contribution in [-0.4, -0.2) is 53.7 Å². The van der Waals surface area contributed by atoms with Crippen LogP contribution in [0, 0.1) is 5.41 Å². The van der Waals surface area contributed by atoms with Gasteiger partial charge in [0.2, 0.25) is 5.91 Å². The molecule has 1 aromatic rings. The van der Waals surface area contributed by atoms with Crippen molar-refractivity contribution >= 4 is 11.8 Å². The van der Waals surface area contributed by atoms with Crippen molar-refractivity contribution in [2.45, 2.75) is 70.7 Å². The van der Waals surface area contributed by atoms with Crippen LogP contribution in [0.2, 0.25) is 0 Å². The number of aliphatic hydroxyl groups excluding tert-OH is 1. The Labute approximate surface area is 167 Å². The normalized spacial score (nSPS) is 29.9. The average molecular weight is 389 g/mol. The lowest BCUT2D eigenvalue weighted by atomic mass is 9.75. The summed E-state index contributed by atoms with van der Waals surface area (Å²) < 4.78 is 5.09. The number of ether oxygens (including phenoxy) is 1. The molecule has 0 bridgehead atoms. The molecule has 2 N–H and O–H groups in total. The van der Waals surface area contributed by atoms with Crippen molar-refractivity contribution < 1.29 is 19.4 Å². The molecule has 6 nitrogen and oxygen atoms in total. The van der Waals surface area contributed by atoms with E-state index in [-0.39, 0.29) is 29.3 Å². The summed E-state index contributed by atoms with van der Waals surface area (Å²) in [6.45, 7) is 4.60. The van der Waals surface area contributed by atoms with Gasteiger partial charge in [-0.05, 0) is 37.0 Å². The smallest absolute Gasteiger partial charge is 0.251 e. The molecule has 2 amide bonds. The van der Waals surface area contributed by atoms with Gasteiger partial charge in [0.25, 0.3) is 5.91 Å². The number of nitrogens with one attached hydrogen (secondary N) is 1. The van der Waals surface area contributed by atoms with E-state index in [0.29, 0.717) is 25.1 Å². The minimum atomic E-state index is -0.407. The van der Waals surface area contributed by atoms with Gasteiger partial charge in [-0.25, -0.2) is 0 Å². The highest BCUT2D eigenvalue weighted by molar-refractivity contribution is 5.94. The molecule has 1 saturated carbocycles. The van der Waals surface area contributed by atoms with E-state index in [1.807, 2.05) is 17.0 Å². The number of fused-ring (bicyclic) bond motifs is 1. The molecule has 0 spiro atoms. The Morgan fingerprint density at radius 3 is 2.57 bits per heavy atom. The first-order chi connectivity index (χ1) is 13.4. The number of carbonyl (C=O) groups excluding carboxylic acids is 2. The summed E-state index contributed by atoms with van der Waals surface area (Å²) in [4.78, 5) is 26.9. The van der Waals surface area contributed by atoms with E-state index >= 15 is 0 Å². The number of amides is 2. The van der Waals surface area contributed by atoms with Crippen LogP contribution in [0.5, 0.6) is 0 Å². The summed E-state index contributed by atoms with van der Waals surface area (Å²) in [6, 6.07) is 7.29. The maximum Gasteiger partial charge on any atom is 0.251 e. The Bertz CT molecular complexity index is 705. The summed E-state index contributed by atoms with van der Waals surface area (Å²) >= 11 is 0. The standard InChI is InChI=1S/C22H32N2O4/c1-15(25)24-18(12-22(2)19(24)6-4-5-7-20(22)26)13-23-21(27)17-10-8-16(9-11-17)14-28-3/h8-11,18-20,26H,4-7,12-14H2,1-3H3,(H,23,27)/t18-,19-,20+,22-/m1/s1. The lowest BCUT2D eigenvalue weighted by Gasteiger charge is -2.37. The zero-order valence-corrected chi connectivity index (χ0v) is 17.1. The van der Waals surface area contributed by atoms with Crippen LogP contribution < -0.4 is 5.32 Å². The third-order valence-electron chi connectivity index (χ3n) is 6.52. The number of benzene rings is 1. The number of likely N-dealkylation sites (tertiary alicyclic amines) is 1. The minimum Gasteiger partial charge on any atom is -0.392 e. The van der Waals surface area contributed by atoms with Crippen molar-refractivity contribution in [1.82, 2.24) is 10.2 Å². The van der Waals surface area contributed by atoms with Crippen LogP contribution in [0.25, 0.3) is 0 Å². The molecule has 2 fully saturated rings. The van der Waals surface area contributed by atoms with Crippen LogP contribution in [0.1, 0.15) is 61.9 Å². The van der Waals surface area contributed by atoms with Crippen molar-refractivity contribution in [2.24, 2.45) is 5.41 Å². The zero-order chi connectivity index (χ0) is 20.3. The molecule has 1 aliphatic heterocycles. The SMILES string of the molecule is COCc1ccc(C(=O)NC[C@H]2C[C@@]3(C)[C@@H](O)CCCC[C@H]3N2C(C)=O)cc1. The van der Waals surface area contributed by atoms with Gasteiger partial charge < -0.3 is 20.1 Å². The fourth-order valence-electron chi connectivity index (χ4n) is 5.03. The fraction of sp³-hybridized carbons (Fsp3) is 0.636. The number of methoxy groups -OCH3 is 1. The molecular weight excluding hydrogens is 356 g/mol. The van der Waals surface area contributed by atoms with E-state index in [0.717, 1.165) is 31.2 Å². The van der Waals surface area contributed by atoms with Crippen molar-refractivity contribution in [1.29, 1.82) is 0 Å². The van der Waals surface area contributed by atoms with Crippen LogP contribution >= 0.6 is 0 Å². The molecule has 1 saturated heterocycles. The first-order valence-electron chi connectivity index (χ1n) is 10.2. The van der Waals surface area contributed by atoms with Crippen molar-refractivity contribution in [3.05, 3.63) is 35.4 Å². The van der Waals surface area contributed by atoms with Gasteiger partial charge in [0.15, 0.2) is 0 Å². The van der Waals surface area contributed by atoms with Crippen LogP contribution in [-0.2, 0) is 16.1 Å². The molecule has 154 valence electrons. The third kappa shape index (κ3) is 4.08. The Morgan fingerprint density at radius 1 is 1.25 bits per heavy atom. The topological polar surface area (TPSA) is 78.9 Å². The number of carbonyl (C=O) groups is 2. The maximum absolute atomic E-state index is 12.6. The van der Waals surface area contributed by atoms with E-state index in [1.165, 1.54) is 0 Å². The lowest BCUT2D eigenvalue weighted by molar-refractivity contribution is -0.133. The van der Waals surface area contributed by atoms with Gasteiger partial charge >= 0.3 is 0 Å². The summed E-state index contributed by atoms with van der Waals surface area (Å²) in [5.41, 5.74) is 1.30. The van der Waals surface area contributed by atoms with E-state index in [2.05, 4.69) is 12.2 Å². The number of nitrogens with zero attached hydrogens (tertiary/aromatic N) is 1. The summed E-state index contributed by atoms with van der Waals surface area (Å²) in [6.07, 6.45) is 4.03. The van der Waals surface area contributed by atoms with E-state index in [1.54, 1.807) is 26.2 Å². The van der Waals surface area contributed by atoms with E-state index in [4.69, 9.17) is 4.74 Å². The number of hydrogen-bond donors (Lipinski definition) is 2. The van der Waals surface area contributed by atoms with Gasteiger partial charge in [-0.2, -0.15) is 0 Å². The van der Waals surface area contributed by atoms with Crippen LogP contribution in [0.4, 0.5) is 0 Å². The lowest BCUT2D eigenvalue weighted by Crippen LogP contribution is -2.48. The Kier molecular flexibility index (Phi) is 6.40. The van der Waals surface area contributed by atoms with Gasteiger partial charge in [0.1, 0.15) is 0 Å². The van der Waals surface area contributed by atoms with Crippen molar-refractivity contribution in [3.8, 4) is 0 Å². The largest absolute Gasteiger partial charge is 0.392 e. The molecule has 2 aliphatic rings. The summed E-state index contributed by atoms with van der Waals surface area (Å²) in [7, 11) is 1.64. The second-order valence-corrected chi connectivity index (χ2v) is 8.45. The van der Waals surface area contributed by atoms with Crippen LogP contribution in [0.15, 0.2) is 24.3 Å². The average Bonchev–Trinajstić information content (AvgIpc) is 2.89. The molecule has 0 aromatic heterocycles. The van der Waals surface area contributed by atoms with Gasteiger partial charge in [-0.1, -0.05) is 31.9 Å². The molecular formula is C22H32N2O4. The van der Waals surface area contributed by atoms with E-state index < -0.39 is 6.10 Å². The molecule has 1 heterocycles. The van der Waals surface area contributed by atoms with Crippen molar-refractivity contribution in [2.75, 3.05) is 13.7 Å². The Hall–Kier alpha value is -1.92. The zero-order valence-electron chi connectivity index (χ0n) is 17.1. The molecule has 6 heteroatoms. The Balaban J connectivity index is 1.69. The monoisotopic (exact) mass is 388 g/mol. The van der Waals surface area contributed by atoms with E-state index in [9.17, 15) is 14.7 Å². The summed E-state index contributed by atoms with van der Waals surface area (Å²) in [5, 5.41) is 13.7. The minimum absolute atomic E-state index is 0.0194. The molecule has 0 unspecified atom stereocenters. The van der Waals surface area contributed by atoms with Gasteiger partial charge in [0.05, 0.1) is 18.8 Å². The highest BCUT2D eigenvalue weighted by Gasteiger charge is 2.54. The second-order valence-electron chi connectivity index (χ2n) is 8.45. The molecule has 1 aromatic carbocycles. The Morgan fingerprint density at radius 2 is 1.93 bits per heavy atom. The number of aliphatic hydroxyl groups is 1. The van der Waals surface area contributed by atoms with Gasteiger partial charge in [0, 0.05) is 37.6 Å². The molecule has 0 radical (unpaired) electrons. The maximum atomic E-state index is 12.6. The molecule has 1 aliphatic carbocycles. The highest BCUT2D eigenvalue weighted by Crippen LogP contribution is 2.48. The van der Waals surface area contributed by atoms with Gasteiger partial charge in [-0.15, -0.1) is 0 Å². The number of hydrogen-bond acceptors (Lipinski definition) is 4. The third-order valence-corrected chi connectivity index (χ3v) is 6.52. The first kappa shape index (κ1) is 20.8. The molecule has 28 heavy (non-hydrogen) atoms. The predicted molar refractivity (Wildman–Crippen MR) is 107 cm³/mol. The predicted octanol–water partition coefficient (Wildman–Crippen LogP) is 2.49. The quantitative estimate of drug-likeness (QED) is 0.812. The van der Waals surface area contributed by atoms with Gasteiger partial charge in [-0.3, -0.25) is 9.59 Å². The summed E-state index contributed by atoms with van der Waals surface area (Å²) in [5.74, 6) is -0.128. The first-order valence-corrected chi connectivity index (χ1v) is 10.2.